The van der Waals surface area contributed by atoms with Crippen molar-refractivity contribution in [2.45, 2.75) is 6.92 Å². The molecule has 35 heavy (non-hydrogen) atoms. The molecule has 0 bridgehead atoms. The molecule has 3 amide bonds. The molecule has 0 unspecified atom stereocenters. The molecule has 2 aliphatic heterocycles. The van der Waals surface area contributed by atoms with Gasteiger partial charge in [0.1, 0.15) is 6.54 Å². The van der Waals surface area contributed by atoms with E-state index in [-0.39, 0.29) is 17.4 Å². The van der Waals surface area contributed by atoms with Gasteiger partial charge in [0, 0.05) is 36.3 Å². The summed E-state index contributed by atoms with van der Waals surface area (Å²) in [7, 11) is 1.55. The fraction of sp³-hybridized carbons (Fsp3) is 0.320. The molecule has 0 saturated carbocycles. The third-order valence-electron chi connectivity index (χ3n) is 5.79. The third-order valence-corrected chi connectivity index (χ3v) is 7.38. The number of benzene rings is 2. The van der Waals surface area contributed by atoms with E-state index < -0.39 is 11.1 Å². The van der Waals surface area contributed by atoms with Gasteiger partial charge in [0.25, 0.3) is 11.1 Å². The number of ether oxygens (including phenoxy) is 2. The molecule has 0 radical (unpaired) electrons. The van der Waals surface area contributed by atoms with Crippen molar-refractivity contribution >= 4 is 56.5 Å². The van der Waals surface area contributed by atoms with Crippen molar-refractivity contribution in [3.63, 3.8) is 0 Å². The molecule has 0 N–H and O–H groups in total. The summed E-state index contributed by atoms with van der Waals surface area (Å²) in [5.41, 5.74) is 1.79. The van der Waals surface area contributed by atoms with Crippen molar-refractivity contribution in [2.24, 2.45) is 0 Å². The van der Waals surface area contributed by atoms with E-state index in [0.29, 0.717) is 54.3 Å². The van der Waals surface area contributed by atoms with E-state index in [1.54, 1.807) is 30.2 Å². The van der Waals surface area contributed by atoms with Crippen molar-refractivity contribution in [1.29, 1.82) is 0 Å². The molecule has 2 aromatic rings. The molecular formula is C25H26BrN3O5S. The summed E-state index contributed by atoms with van der Waals surface area (Å²) >= 11 is 4.31. The van der Waals surface area contributed by atoms with Gasteiger partial charge in [-0.15, -0.1) is 0 Å². The Morgan fingerprint density at radius 3 is 2.46 bits per heavy atom. The van der Waals surface area contributed by atoms with Crippen LogP contribution in [0.15, 0.2) is 51.8 Å². The SMILES string of the molecule is CCOc1cc(/C=C2/SC(=O)N(CC(=O)N3CCN(c4ccccc4)CC3)C2=O)c(Br)cc1OC. The van der Waals surface area contributed by atoms with Gasteiger partial charge in [0.15, 0.2) is 11.5 Å². The van der Waals surface area contributed by atoms with Crippen molar-refractivity contribution < 1.29 is 23.9 Å². The maximum atomic E-state index is 13.0. The molecule has 2 aliphatic rings. The normalized spacial score (nSPS) is 17.3. The maximum absolute atomic E-state index is 13.0. The lowest BCUT2D eigenvalue weighted by molar-refractivity contribution is -0.136. The Labute approximate surface area is 217 Å². The van der Waals surface area contributed by atoms with Crippen LogP contribution in [0.25, 0.3) is 6.08 Å². The number of amides is 3. The van der Waals surface area contributed by atoms with E-state index >= 15 is 0 Å². The van der Waals surface area contributed by atoms with Gasteiger partial charge < -0.3 is 19.3 Å². The van der Waals surface area contributed by atoms with Gasteiger partial charge in [-0.05, 0) is 54.6 Å². The number of imide groups is 1. The number of hydrogen-bond donors (Lipinski definition) is 0. The smallest absolute Gasteiger partial charge is 0.294 e. The Balaban J connectivity index is 1.42. The Bertz CT molecular complexity index is 1150. The number of anilines is 1. The fourth-order valence-electron chi connectivity index (χ4n) is 3.95. The maximum Gasteiger partial charge on any atom is 0.294 e. The highest BCUT2D eigenvalue weighted by Gasteiger charge is 2.37. The zero-order chi connectivity index (χ0) is 24.9. The Morgan fingerprint density at radius 1 is 1.09 bits per heavy atom. The second-order valence-electron chi connectivity index (χ2n) is 7.93. The topological polar surface area (TPSA) is 79.4 Å². The van der Waals surface area contributed by atoms with Gasteiger partial charge in [-0.25, -0.2) is 0 Å². The molecule has 0 spiro atoms. The third kappa shape index (κ3) is 5.65. The molecule has 2 fully saturated rings. The number of piperazine rings is 1. The molecule has 0 aliphatic carbocycles. The molecule has 10 heteroatoms. The number of rotatable bonds is 7. The van der Waals surface area contributed by atoms with E-state index in [4.69, 9.17) is 9.47 Å². The van der Waals surface area contributed by atoms with Crippen LogP contribution in [0.2, 0.25) is 0 Å². The number of thioether (sulfide) groups is 1. The number of hydrogen-bond acceptors (Lipinski definition) is 7. The summed E-state index contributed by atoms with van der Waals surface area (Å²) in [6.45, 7) is 4.54. The Hall–Kier alpha value is -2.98. The molecule has 0 atom stereocenters. The average Bonchev–Trinajstić information content (AvgIpc) is 3.13. The van der Waals surface area contributed by atoms with Gasteiger partial charge in [0.05, 0.1) is 18.6 Å². The van der Waals surface area contributed by atoms with Gasteiger partial charge >= 0.3 is 0 Å². The van der Waals surface area contributed by atoms with Crippen molar-refractivity contribution in [3.05, 3.63) is 57.4 Å². The molecule has 2 heterocycles. The summed E-state index contributed by atoms with van der Waals surface area (Å²) in [5, 5.41) is -0.452. The first kappa shape index (κ1) is 25.1. The molecule has 2 aromatic carbocycles. The standard InChI is InChI=1S/C25H26BrN3O5S/c1-3-34-21-13-17(19(26)15-20(21)33-2)14-22-24(31)29(25(32)35-22)16-23(30)28-11-9-27(10-12-28)18-7-5-4-6-8-18/h4-8,13-15H,3,9-12,16H2,1-2H3/b22-14+. The van der Waals surface area contributed by atoms with E-state index in [9.17, 15) is 14.4 Å². The second-order valence-corrected chi connectivity index (χ2v) is 9.78. The van der Waals surface area contributed by atoms with Crippen LogP contribution >= 0.6 is 27.7 Å². The summed E-state index contributed by atoms with van der Waals surface area (Å²) in [5.74, 6) is 0.387. The predicted molar refractivity (Wildman–Crippen MR) is 140 cm³/mol. The lowest BCUT2D eigenvalue weighted by Crippen LogP contribution is -2.51. The summed E-state index contributed by atoms with van der Waals surface area (Å²) in [6, 6.07) is 13.5. The molecule has 8 nitrogen and oxygen atoms in total. The number of carbonyl (C=O) groups excluding carboxylic acids is 3. The van der Waals surface area contributed by atoms with Gasteiger partial charge in [-0.1, -0.05) is 34.1 Å². The van der Waals surface area contributed by atoms with Crippen LogP contribution in [0.5, 0.6) is 11.5 Å². The molecular weight excluding hydrogens is 534 g/mol. The van der Waals surface area contributed by atoms with Crippen molar-refractivity contribution in [3.8, 4) is 11.5 Å². The zero-order valence-electron chi connectivity index (χ0n) is 19.5. The molecule has 4 rings (SSSR count). The Morgan fingerprint density at radius 2 is 1.80 bits per heavy atom. The summed E-state index contributed by atoms with van der Waals surface area (Å²) in [4.78, 5) is 43.7. The average molecular weight is 560 g/mol. The zero-order valence-corrected chi connectivity index (χ0v) is 21.9. The van der Waals surface area contributed by atoms with Crippen molar-refractivity contribution in [1.82, 2.24) is 9.80 Å². The lowest BCUT2D eigenvalue weighted by atomic mass is 10.2. The van der Waals surface area contributed by atoms with E-state index in [1.807, 2.05) is 37.3 Å². The highest BCUT2D eigenvalue weighted by atomic mass is 79.9. The summed E-state index contributed by atoms with van der Waals surface area (Å²) < 4.78 is 11.6. The minimum atomic E-state index is -0.475. The highest BCUT2D eigenvalue weighted by molar-refractivity contribution is 9.10. The van der Waals surface area contributed by atoms with Gasteiger partial charge in [0.2, 0.25) is 5.91 Å². The summed E-state index contributed by atoms with van der Waals surface area (Å²) in [6.07, 6.45) is 1.63. The van der Waals surface area contributed by atoms with Crippen LogP contribution in [0.1, 0.15) is 12.5 Å². The van der Waals surface area contributed by atoms with E-state index in [1.165, 1.54) is 0 Å². The first-order chi connectivity index (χ1) is 16.9. The first-order valence-electron chi connectivity index (χ1n) is 11.2. The van der Waals surface area contributed by atoms with Gasteiger partial charge in [-0.3, -0.25) is 19.3 Å². The number of methoxy groups -OCH3 is 1. The highest BCUT2D eigenvalue weighted by Crippen LogP contribution is 2.38. The second kappa shape index (κ2) is 11.2. The van der Waals surface area contributed by atoms with Crippen LogP contribution in [0.3, 0.4) is 0 Å². The first-order valence-corrected chi connectivity index (χ1v) is 12.9. The number of carbonyl (C=O) groups is 3. The largest absolute Gasteiger partial charge is 0.493 e. The van der Waals surface area contributed by atoms with Crippen molar-refractivity contribution in [2.75, 3.05) is 51.3 Å². The lowest BCUT2D eigenvalue weighted by Gasteiger charge is -2.36. The fourth-order valence-corrected chi connectivity index (χ4v) is 5.22. The van der Waals surface area contributed by atoms with E-state index in [0.717, 1.165) is 22.3 Å². The monoisotopic (exact) mass is 559 g/mol. The number of para-hydroxylation sites is 1. The minimum Gasteiger partial charge on any atom is -0.493 e. The predicted octanol–water partition coefficient (Wildman–Crippen LogP) is 4.24. The number of nitrogens with zero attached hydrogens (tertiary/aromatic N) is 3. The van der Waals surface area contributed by atoms with Crippen LogP contribution in [0.4, 0.5) is 10.5 Å². The quantitative estimate of drug-likeness (QED) is 0.469. The van der Waals surface area contributed by atoms with Crippen LogP contribution in [-0.2, 0) is 9.59 Å². The van der Waals surface area contributed by atoms with Crippen LogP contribution in [-0.4, -0.2) is 73.3 Å². The van der Waals surface area contributed by atoms with Gasteiger partial charge in [-0.2, -0.15) is 0 Å². The molecule has 0 aromatic heterocycles. The molecule has 184 valence electrons. The molecule has 2 saturated heterocycles. The van der Waals surface area contributed by atoms with E-state index in [2.05, 4.69) is 20.8 Å². The Kier molecular flexibility index (Phi) is 8.02. The van der Waals surface area contributed by atoms with Crippen LogP contribution < -0.4 is 14.4 Å². The minimum absolute atomic E-state index is 0.231. The van der Waals surface area contributed by atoms with Crippen LogP contribution in [0, 0.1) is 0 Å². The number of halogens is 1.